The van der Waals surface area contributed by atoms with E-state index in [0.717, 1.165) is 11.8 Å². The number of carbonyl (C=O) groups excluding carboxylic acids is 2. The Labute approximate surface area is 94.8 Å². The molecule has 15 heavy (non-hydrogen) atoms. The first-order valence-corrected chi connectivity index (χ1v) is 6.06. The van der Waals surface area contributed by atoms with Gasteiger partial charge in [-0.05, 0) is 6.42 Å². The molecule has 88 valence electrons. The van der Waals surface area contributed by atoms with E-state index in [1.165, 1.54) is 6.92 Å². The molecule has 0 fully saturated rings. The molecule has 0 aromatic heterocycles. The average Bonchev–Trinajstić information content (AvgIpc) is 2.21. The molecule has 2 atom stereocenters. The van der Waals surface area contributed by atoms with Crippen molar-refractivity contribution < 1.29 is 14.7 Å². The minimum atomic E-state index is -0.564. The van der Waals surface area contributed by atoms with Crippen molar-refractivity contribution in [3.8, 4) is 0 Å². The van der Waals surface area contributed by atoms with Crippen LogP contribution < -0.4 is 5.32 Å². The molecule has 4 nitrogen and oxygen atoms in total. The highest BCUT2D eigenvalue weighted by Crippen LogP contribution is 2.15. The third-order valence-electron chi connectivity index (χ3n) is 2.09. The maximum atomic E-state index is 11.5. The van der Waals surface area contributed by atoms with Crippen LogP contribution in [0.5, 0.6) is 0 Å². The molecule has 0 bridgehead atoms. The van der Waals surface area contributed by atoms with Crippen LogP contribution in [0, 0.1) is 5.92 Å². The largest absolute Gasteiger partial charge is 0.392 e. The van der Waals surface area contributed by atoms with E-state index in [1.807, 2.05) is 6.92 Å². The van der Waals surface area contributed by atoms with Crippen LogP contribution in [0.1, 0.15) is 27.2 Å². The monoisotopic (exact) mass is 233 g/mol. The molecule has 0 saturated carbocycles. The summed E-state index contributed by atoms with van der Waals surface area (Å²) in [5.74, 6) is 0.126. The fourth-order valence-electron chi connectivity index (χ4n) is 1.02. The van der Waals surface area contributed by atoms with Crippen molar-refractivity contribution in [2.75, 3.05) is 12.3 Å². The summed E-state index contributed by atoms with van der Waals surface area (Å²) in [4.78, 5) is 22.0. The summed E-state index contributed by atoms with van der Waals surface area (Å²) in [6.45, 7) is 5.49. The van der Waals surface area contributed by atoms with Gasteiger partial charge in [0.05, 0.1) is 12.0 Å². The minimum absolute atomic E-state index is 0.0188. The number of carbonyl (C=O) groups is 2. The highest BCUT2D eigenvalue weighted by molar-refractivity contribution is 8.13. The molecule has 0 unspecified atom stereocenters. The van der Waals surface area contributed by atoms with E-state index in [2.05, 4.69) is 5.32 Å². The van der Waals surface area contributed by atoms with Gasteiger partial charge in [-0.1, -0.05) is 25.6 Å². The van der Waals surface area contributed by atoms with Gasteiger partial charge >= 0.3 is 0 Å². The molecule has 0 radical (unpaired) electrons. The number of hydrogen-bond donors (Lipinski definition) is 2. The van der Waals surface area contributed by atoms with Gasteiger partial charge < -0.3 is 10.4 Å². The Kier molecular flexibility index (Phi) is 7.42. The van der Waals surface area contributed by atoms with Crippen molar-refractivity contribution in [3.05, 3.63) is 0 Å². The standard InChI is InChI=1S/C10H19NO3S/c1-4-9(13)7(2)10(14)15-6-5-11-8(3)12/h7,9,13H,4-6H2,1-3H3,(H,11,12)/t7-,9-/m0/s1. The van der Waals surface area contributed by atoms with Gasteiger partial charge in [-0.15, -0.1) is 0 Å². The van der Waals surface area contributed by atoms with Crippen LogP contribution in [-0.2, 0) is 9.59 Å². The first-order valence-electron chi connectivity index (χ1n) is 5.08. The SMILES string of the molecule is CC[C@H](O)[C@H](C)C(=O)SCCNC(C)=O. The number of aliphatic hydroxyl groups excluding tert-OH is 1. The summed E-state index contributed by atoms with van der Waals surface area (Å²) in [7, 11) is 0. The van der Waals surface area contributed by atoms with Crippen molar-refractivity contribution in [3.63, 3.8) is 0 Å². The van der Waals surface area contributed by atoms with E-state index in [0.29, 0.717) is 18.7 Å². The van der Waals surface area contributed by atoms with Crippen molar-refractivity contribution in [1.29, 1.82) is 0 Å². The van der Waals surface area contributed by atoms with Gasteiger partial charge in [-0.25, -0.2) is 0 Å². The van der Waals surface area contributed by atoms with Crippen LogP contribution in [0.2, 0.25) is 0 Å². The van der Waals surface area contributed by atoms with Gasteiger partial charge in [0.25, 0.3) is 0 Å². The number of rotatable bonds is 6. The van der Waals surface area contributed by atoms with E-state index in [4.69, 9.17) is 0 Å². The lowest BCUT2D eigenvalue weighted by molar-refractivity contribution is -0.119. The van der Waals surface area contributed by atoms with E-state index in [-0.39, 0.29) is 16.9 Å². The van der Waals surface area contributed by atoms with E-state index in [9.17, 15) is 14.7 Å². The third-order valence-corrected chi connectivity index (χ3v) is 3.15. The van der Waals surface area contributed by atoms with Crippen molar-refractivity contribution in [1.82, 2.24) is 5.32 Å². The van der Waals surface area contributed by atoms with Crippen LogP contribution in [0.4, 0.5) is 0 Å². The van der Waals surface area contributed by atoms with Gasteiger partial charge in [-0.3, -0.25) is 9.59 Å². The van der Waals surface area contributed by atoms with Crippen molar-refractivity contribution >= 4 is 22.8 Å². The lowest BCUT2D eigenvalue weighted by atomic mass is 10.1. The molecular formula is C10H19NO3S. The van der Waals surface area contributed by atoms with Crippen LogP contribution >= 0.6 is 11.8 Å². The summed E-state index contributed by atoms with van der Waals surface area (Å²) >= 11 is 1.16. The number of amides is 1. The molecule has 0 saturated heterocycles. The normalized spacial score (nSPS) is 14.4. The summed E-state index contributed by atoms with van der Waals surface area (Å²) in [6.07, 6.45) is 0.0184. The lowest BCUT2D eigenvalue weighted by Crippen LogP contribution is -2.26. The molecule has 0 rings (SSSR count). The van der Waals surface area contributed by atoms with Crippen LogP contribution in [0.25, 0.3) is 0 Å². The Balaban J connectivity index is 3.69. The Bertz CT molecular complexity index is 221. The van der Waals surface area contributed by atoms with Gasteiger partial charge in [0.15, 0.2) is 5.12 Å². The number of hydrogen-bond acceptors (Lipinski definition) is 4. The first kappa shape index (κ1) is 14.5. The molecule has 0 aliphatic heterocycles. The number of thioether (sulfide) groups is 1. The molecule has 0 heterocycles. The maximum absolute atomic E-state index is 11.5. The quantitative estimate of drug-likeness (QED) is 0.666. The highest BCUT2D eigenvalue weighted by Gasteiger charge is 2.20. The Hall–Kier alpha value is -0.550. The fourth-order valence-corrected chi connectivity index (χ4v) is 1.85. The van der Waals surface area contributed by atoms with Crippen molar-refractivity contribution in [2.45, 2.75) is 33.3 Å². The average molecular weight is 233 g/mol. The maximum Gasteiger partial charge on any atom is 0.216 e. The lowest BCUT2D eigenvalue weighted by Gasteiger charge is -2.15. The predicted octanol–water partition coefficient (Wildman–Crippen LogP) is 0.789. The molecule has 0 aliphatic carbocycles. The smallest absolute Gasteiger partial charge is 0.216 e. The fraction of sp³-hybridized carbons (Fsp3) is 0.800. The second kappa shape index (κ2) is 7.70. The number of aliphatic hydroxyl groups is 1. The van der Waals surface area contributed by atoms with Gasteiger partial charge in [0.2, 0.25) is 5.91 Å². The third kappa shape index (κ3) is 6.52. The molecule has 0 aromatic carbocycles. The molecule has 0 aromatic rings. The zero-order valence-corrected chi connectivity index (χ0v) is 10.3. The van der Waals surface area contributed by atoms with Gasteiger partial charge in [-0.2, -0.15) is 0 Å². The Morgan fingerprint density at radius 1 is 1.47 bits per heavy atom. The van der Waals surface area contributed by atoms with E-state index < -0.39 is 6.10 Å². The predicted molar refractivity (Wildman–Crippen MR) is 61.6 cm³/mol. The Morgan fingerprint density at radius 3 is 2.53 bits per heavy atom. The summed E-state index contributed by atoms with van der Waals surface area (Å²) in [6, 6.07) is 0. The summed E-state index contributed by atoms with van der Waals surface area (Å²) < 4.78 is 0. The number of nitrogens with one attached hydrogen (secondary N) is 1. The zero-order valence-electron chi connectivity index (χ0n) is 9.45. The van der Waals surface area contributed by atoms with Gasteiger partial charge in [0, 0.05) is 19.2 Å². The summed E-state index contributed by atoms with van der Waals surface area (Å²) in [5.41, 5.74) is 0. The first-order chi connectivity index (χ1) is 6.99. The summed E-state index contributed by atoms with van der Waals surface area (Å²) in [5, 5.41) is 12.0. The molecule has 5 heteroatoms. The van der Waals surface area contributed by atoms with Gasteiger partial charge in [0.1, 0.15) is 0 Å². The molecule has 2 N–H and O–H groups in total. The zero-order chi connectivity index (χ0) is 11.8. The van der Waals surface area contributed by atoms with E-state index in [1.54, 1.807) is 6.92 Å². The molecular weight excluding hydrogens is 214 g/mol. The van der Waals surface area contributed by atoms with Crippen LogP contribution in [-0.4, -0.2) is 34.5 Å². The highest BCUT2D eigenvalue weighted by atomic mass is 32.2. The second-order valence-electron chi connectivity index (χ2n) is 3.41. The van der Waals surface area contributed by atoms with Crippen molar-refractivity contribution in [2.24, 2.45) is 5.92 Å². The van der Waals surface area contributed by atoms with Crippen LogP contribution in [0.3, 0.4) is 0 Å². The van der Waals surface area contributed by atoms with Crippen LogP contribution in [0.15, 0.2) is 0 Å². The second-order valence-corrected chi connectivity index (χ2v) is 4.51. The molecule has 1 amide bonds. The molecule has 0 spiro atoms. The Morgan fingerprint density at radius 2 is 2.07 bits per heavy atom. The minimum Gasteiger partial charge on any atom is -0.392 e. The topological polar surface area (TPSA) is 66.4 Å². The molecule has 0 aliphatic rings. The van der Waals surface area contributed by atoms with E-state index >= 15 is 0 Å².